The molecule has 0 radical (unpaired) electrons. The molecule has 0 heterocycles. The summed E-state index contributed by atoms with van der Waals surface area (Å²) in [6, 6.07) is 20.7. The lowest BCUT2D eigenvalue weighted by molar-refractivity contribution is 0.102. The lowest BCUT2D eigenvalue weighted by Gasteiger charge is -2.10. The molecule has 0 aliphatic rings. The Labute approximate surface area is 169 Å². The summed E-state index contributed by atoms with van der Waals surface area (Å²) in [5.74, 6) is -0.316. The van der Waals surface area contributed by atoms with Gasteiger partial charge < -0.3 is 16.0 Å². The number of nitrogens with one attached hydrogen (secondary N) is 3. The second-order valence-corrected chi connectivity index (χ2v) is 6.92. The normalized spacial score (nSPS) is 10.1. The first-order valence-corrected chi connectivity index (χ1v) is 9.18. The van der Waals surface area contributed by atoms with Gasteiger partial charge in [-0.25, -0.2) is 4.79 Å². The summed E-state index contributed by atoms with van der Waals surface area (Å²) in [7, 11) is 0. The van der Waals surface area contributed by atoms with Gasteiger partial charge in [0.25, 0.3) is 5.91 Å². The summed E-state index contributed by atoms with van der Waals surface area (Å²) in [5.41, 5.74) is 2.26. The second kappa shape index (κ2) is 8.70. The molecule has 136 valence electrons. The van der Waals surface area contributed by atoms with Crippen molar-refractivity contribution in [2.24, 2.45) is 0 Å². The van der Waals surface area contributed by atoms with Crippen molar-refractivity contribution in [2.45, 2.75) is 0 Å². The maximum atomic E-state index is 12.4. The van der Waals surface area contributed by atoms with Gasteiger partial charge in [-0.1, -0.05) is 45.7 Å². The molecule has 3 aromatic rings. The Hall–Kier alpha value is -2.83. The number of benzene rings is 3. The molecule has 3 aromatic carbocycles. The standard InChI is InChI=1S/C20H15BrClN3O2/c21-13-6-11-18(22)17(12-13)19(26)23-15-7-9-16(10-8-15)25-20(27)24-14-4-2-1-3-5-14/h1-12H,(H,23,26)(H2,24,25,27). The summed E-state index contributed by atoms with van der Waals surface area (Å²) in [5, 5.41) is 8.60. The molecular weight excluding hydrogens is 430 g/mol. The van der Waals surface area contributed by atoms with Gasteiger partial charge >= 0.3 is 6.03 Å². The molecule has 0 aliphatic carbocycles. The maximum Gasteiger partial charge on any atom is 0.323 e. The van der Waals surface area contributed by atoms with E-state index in [2.05, 4.69) is 31.9 Å². The molecule has 0 saturated carbocycles. The molecule has 27 heavy (non-hydrogen) atoms. The van der Waals surface area contributed by atoms with E-state index >= 15 is 0 Å². The maximum absolute atomic E-state index is 12.4. The van der Waals surface area contributed by atoms with Crippen LogP contribution in [0.1, 0.15) is 10.4 Å². The molecule has 3 N–H and O–H groups in total. The van der Waals surface area contributed by atoms with Crippen LogP contribution in [-0.4, -0.2) is 11.9 Å². The SMILES string of the molecule is O=C(Nc1ccccc1)Nc1ccc(NC(=O)c2cc(Br)ccc2Cl)cc1. The molecule has 7 heteroatoms. The number of hydrogen-bond donors (Lipinski definition) is 3. The largest absolute Gasteiger partial charge is 0.323 e. The van der Waals surface area contributed by atoms with E-state index in [0.29, 0.717) is 27.6 Å². The third kappa shape index (κ3) is 5.32. The van der Waals surface area contributed by atoms with Gasteiger partial charge in [0.15, 0.2) is 0 Å². The average Bonchev–Trinajstić information content (AvgIpc) is 2.66. The zero-order valence-corrected chi connectivity index (χ0v) is 16.3. The van der Waals surface area contributed by atoms with Crippen LogP contribution in [0.3, 0.4) is 0 Å². The third-order valence-corrected chi connectivity index (χ3v) is 4.43. The van der Waals surface area contributed by atoms with Crippen LogP contribution in [0.4, 0.5) is 21.9 Å². The number of carbonyl (C=O) groups excluding carboxylic acids is 2. The van der Waals surface area contributed by atoms with Crippen molar-refractivity contribution in [2.75, 3.05) is 16.0 Å². The van der Waals surface area contributed by atoms with Gasteiger partial charge in [0.1, 0.15) is 0 Å². The van der Waals surface area contributed by atoms with Gasteiger partial charge in [0, 0.05) is 21.5 Å². The van der Waals surface area contributed by atoms with E-state index < -0.39 is 0 Å². The highest BCUT2D eigenvalue weighted by atomic mass is 79.9. The fourth-order valence-corrected chi connectivity index (χ4v) is 2.89. The molecule has 0 saturated heterocycles. The average molecular weight is 445 g/mol. The molecule has 3 amide bonds. The van der Waals surface area contributed by atoms with E-state index in [-0.39, 0.29) is 11.9 Å². The van der Waals surface area contributed by atoms with Gasteiger partial charge in [0.05, 0.1) is 10.6 Å². The van der Waals surface area contributed by atoms with Crippen molar-refractivity contribution in [1.82, 2.24) is 0 Å². The number of hydrogen-bond acceptors (Lipinski definition) is 2. The minimum Gasteiger partial charge on any atom is -0.322 e. The van der Waals surface area contributed by atoms with Crippen LogP contribution in [0.25, 0.3) is 0 Å². The molecule has 0 fully saturated rings. The first-order chi connectivity index (χ1) is 13.0. The van der Waals surface area contributed by atoms with E-state index in [1.807, 2.05) is 18.2 Å². The third-order valence-electron chi connectivity index (χ3n) is 3.61. The molecule has 0 atom stereocenters. The minimum atomic E-state index is -0.348. The van der Waals surface area contributed by atoms with Crippen LogP contribution in [-0.2, 0) is 0 Å². The van der Waals surface area contributed by atoms with E-state index in [1.54, 1.807) is 54.6 Å². The van der Waals surface area contributed by atoms with Crippen LogP contribution in [0.5, 0.6) is 0 Å². The lowest BCUT2D eigenvalue weighted by atomic mass is 10.2. The molecule has 5 nitrogen and oxygen atoms in total. The van der Waals surface area contributed by atoms with Crippen LogP contribution >= 0.6 is 27.5 Å². The fraction of sp³-hybridized carbons (Fsp3) is 0. The van der Waals surface area contributed by atoms with Crippen molar-refractivity contribution in [3.05, 3.63) is 87.9 Å². The summed E-state index contributed by atoms with van der Waals surface area (Å²) >= 11 is 9.39. The van der Waals surface area contributed by atoms with Gasteiger partial charge in [-0.2, -0.15) is 0 Å². The van der Waals surface area contributed by atoms with Crippen molar-refractivity contribution in [3.8, 4) is 0 Å². The Morgan fingerprint density at radius 1 is 0.741 bits per heavy atom. The van der Waals surface area contributed by atoms with Gasteiger partial charge in [-0.15, -0.1) is 0 Å². The van der Waals surface area contributed by atoms with E-state index in [4.69, 9.17) is 11.6 Å². The summed E-state index contributed by atoms with van der Waals surface area (Å²) in [6.07, 6.45) is 0. The van der Waals surface area contributed by atoms with Crippen molar-refractivity contribution < 1.29 is 9.59 Å². The predicted octanol–water partition coefficient (Wildman–Crippen LogP) is 6.00. The Morgan fingerprint density at radius 3 is 1.93 bits per heavy atom. The summed E-state index contributed by atoms with van der Waals surface area (Å²) in [4.78, 5) is 24.3. The molecule has 0 bridgehead atoms. The van der Waals surface area contributed by atoms with Crippen molar-refractivity contribution in [1.29, 1.82) is 0 Å². The molecule has 0 unspecified atom stereocenters. The molecular formula is C20H15BrClN3O2. The minimum absolute atomic E-state index is 0.316. The Kier molecular flexibility index (Phi) is 6.11. The fourth-order valence-electron chi connectivity index (χ4n) is 2.32. The topological polar surface area (TPSA) is 70.2 Å². The van der Waals surface area contributed by atoms with Crippen molar-refractivity contribution >= 4 is 56.5 Å². The van der Waals surface area contributed by atoms with E-state index in [0.717, 1.165) is 4.47 Å². The molecule has 0 spiro atoms. The number of anilines is 3. The second-order valence-electron chi connectivity index (χ2n) is 5.60. The van der Waals surface area contributed by atoms with E-state index in [1.165, 1.54) is 0 Å². The first-order valence-electron chi connectivity index (χ1n) is 8.01. The van der Waals surface area contributed by atoms with E-state index in [9.17, 15) is 9.59 Å². The summed E-state index contributed by atoms with van der Waals surface area (Å²) < 4.78 is 0.765. The smallest absolute Gasteiger partial charge is 0.322 e. The Morgan fingerprint density at radius 2 is 1.30 bits per heavy atom. The monoisotopic (exact) mass is 443 g/mol. The molecule has 3 rings (SSSR count). The number of halogens is 2. The number of rotatable bonds is 4. The zero-order chi connectivity index (χ0) is 19.2. The highest BCUT2D eigenvalue weighted by Crippen LogP contribution is 2.22. The highest BCUT2D eigenvalue weighted by molar-refractivity contribution is 9.10. The van der Waals surface area contributed by atoms with Crippen LogP contribution in [0.2, 0.25) is 5.02 Å². The zero-order valence-electron chi connectivity index (χ0n) is 14.0. The van der Waals surface area contributed by atoms with Crippen molar-refractivity contribution in [3.63, 3.8) is 0 Å². The van der Waals surface area contributed by atoms with Crippen LogP contribution < -0.4 is 16.0 Å². The Balaban J connectivity index is 1.61. The molecule has 0 aromatic heterocycles. The van der Waals surface area contributed by atoms with Crippen LogP contribution in [0, 0.1) is 0 Å². The predicted molar refractivity (Wildman–Crippen MR) is 113 cm³/mol. The van der Waals surface area contributed by atoms with Gasteiger partial charge in [0.2, 0.25) is 0 Å². The first kappa shape index (κ1) is 18.9. The van der Waals surface area contributed by atoms with Gasteiger partial charge in [-0.05, 0) is 54.6 Å². The highest BCUT2D eigenvalue weighted by Gasteiger charge is 2.11. The number of para-hydroxylation sites is 1. The number of carbonyl (C=O) groups is 2. The quantitative estimate of drug-likeness (QED) is 0.462. The van der Waals surface area contributed by atoms with Crippen LogP contribution in [0.15, 0.2) is 77.3 Å². The summed E-state index contributed by atoms with van der Waals surface area (Å²) in [6.45, 7) is 0. The van der Waals surface area contributed by atoms with Gasteiger partial charge in [-0.3, -0.25) is 4.79 Å². The number of amides is 3. The number of urea groups is 1. The Bertz CT molecular complexity index is 963. The molecule has 0 aliphatic heterocycles. The lowest BCUT2D eigenvalue weighted by Crippen LogP contribution is -2.19.